The van der Waals surface area contributed by atoms with Crippen molar-refractivity contribution in [3.05, 3.63) is 21.4 Å². The second kappa shape index (κ2) is 4.71. The first kappa shape index (κ1) is 11.1. The van der Waals surface area contributed by atoms with Crippen molar-refractivity contribution in [2.45, 2.75) is 44.0 Å². The van der Waals surface area contributed by atoms with Gasteiger partial charge in [-0.2, -0.15) is 11.8 Å². The monoisotopic (exact) mass is 254 g/mol. The van der Waals surface area contributed by atoms with Crippen molar-refractivity contribution in [2.75, 3.05) is 5.75 Å². The van der Waals surface area contributed by atoms with Crippen molar-refractivity contribution in [1.29, 1.82) is 0 Å². The summed E-state index contributed by atoms with van der Waals surface area (Å²) in [7, 11) is 0. The van der Waals surface area contributed by atoms with Gasteiger partial charge in [-0.1, -0.05) is 12.8 Å². The highest BCUT2D eigenvalue weighted by Crippen LogP contribution is 2.41. The van der Waals surface area contributed by atoms with Crippen LogP contribution in [-0.4, -0.2) is 10.9 Å². The molecular formula is C13H18OS2. The van der Waals surface area contributed by atoms with E-state index in [-0.39, 0.29) is 6.10 Å². The van der Waals surface area contributed by atoms with E-state index in [9.17, 15) is 5.11 Å². The molecule has 0 bridgehead atoms. The van der Waals surface area contributed by atoms with Gasteiger partial charge in [-0.05, 0) is 42.6 Å². The van der Waals surface area contributed by atoms with Crippen LogP contribution in [-0.2, 0) is 12.2 Å². The zero-order valence-electron chi connectivity index (χ0n) is 9.45. The Balaban J connectivity index is 1.80. The summed E-state index contributed by atoms with van der Waals surface area (Å²) < 4.78 is 0. The summed E-state index contributed by atoms with van der Waals surface area (Å²) in [6, 6.07) is 2.27. The molecule has 0 radical (unpaired) electrons. The molecule has 1 aliphatic heterocycles. The molecule has 2 heterocycles. The van der Waals surface area contributed by atoms with Crippen LogP contribution in [0, 0.1) is 5.92 Å². The van der Waals surface area contributed by atoms with Gasteiger partial charge in [0.05, 0.1) is 6.10 Å². The van der Waals surface area contributed by atoms with E-state index in [0.717, 1.165) is 5.75 Å². The Morgan fingerprint density at radius 1 is 1.31 bits per heavy atom. The van der Waals surface area contributed by atoms with E-state index in [1.165, 1.54) is 53.2 Å². The molecule has 3 heteroatoms. The Morgan fingerprint density at radius 2 is 2.12 bits per heavy atom. The highest BCUT2D eigenvalue weighted by molar-refractivity contribution is 7.98. The maximum Gasteiger partial charge on any atom is 0.0910 e. The van der Waals surface area contributed by atoms with Crippen LogP contribution in [0.25, 0.3) is 0 Å². The topological polar surface area (TPSA) is 20.2 Å². The summed E-state index contributed by atoms with van der Waals surface area (Å²) in [5.74, 6) is 2.95. The Hall–Kier alpha value is 0.01000. The Labute approximate surface area is 105 Å². The highest BCUT2D eigenvalue weighted by atomic mass is 32.2. The van der Waals surface area contributed by atoms with Crippen molar-refractivity contribution >= 4 is 23.1 Å². The van der Waals surface area contributed by atoms with Gasteiger partial charge < -0.3 is 5.11 Å². The molecule has 1 aliphatic carbocycles. The number of rotatable bonds is 2. The quantitative estimate of drug-likeness (QED) is 0.867. The largest absolute Gasteiger partial charge is 0.387 e. The molecule has 0 saturated heterocycles. The standard InChI is InChI=1S/C13H18OS2/c14-13(9-3-1-2-4-9)12-7-10-8-15-6-5-11(10)16-12/h7,9,13-14H,1-6,8H2. The molecule has 1 aromatic heterocycles. The number of hydrogen-bond acceptors (Lipinski definition) is 3. The smallest absolute Gasteiger partial charge is 0.0910 e. The predicted molar refractivity (Wildman–Crippen MR) is 71.1 cm³/mol. The summed E-state index contributed by atoms with van der Waals surface area (Å²) >= 11 is 3.89. The molecule has 16 heavy (non-hydrogen) atoms. The van der Waals surface area contributed by atoms with Crippen LogP contribution in [0.1, 0.15) is 47.1 Å². The van der Waals surface area contributed by atoms with Gasteiger partial charge in [-0.3, -0.25) is 0 Å². The van der Waals surface area contributed by atoms with Crippen LogP contribution in [0.5, 0.6) is 0 Å². The van der Waals surface area contributed by atoms with E-state index in [2.05, 4.69) is 6.07 Å². The third-order valence-electron chi connectivity index (χ3n) is 3.78. The first-order chi connectivity index (χ1) is 7.84. The average Bonchev–Trinajstić information content (AvgIpc) is 2.97. The summed E-state index contributed by atoms with van der Waals surface area (Å²) in [4.78, 5) is 2.77. The fraction of sp³-hybridized carbons (Fsp3) is 0.692. The predicted octanol–water partition coefficient (Wildman–Crippen LogP) is 3.76. The molecule has 2 aliphatic rings. The van der Waals surface area contributed by atoms with Gasteiger partial charge in [0.1, 0.15) is 0 Å². The molecule has 3 rings (SSSR count). The van der Waals surface area contributed by atoms with E-state index < -0.39 is 0 Å². The van der Waals surface area contributed by atoms with Crippen LogP contribution in [0.15, 0.2) is 6.07 Å². The van der Waals surface area contributed by atoms with Gasteiger partial charge in [0.2, 0.25) is 0 Å². The van der Waals surface area contributed by atoms with Gasteiger partial charge in [-0.15, -0.1) is 11.3 Å². The minimum atomic E-state index is -0.178. The Morgan fingerprint density at radius 3 is 2.88 bits per heavy atom. The molecule has 1 unspecified atom stereocenters. The lowest BCUT2D eigenvalue weighted by Gasteiger charge is -2.15. The van der Waals surface area contributed by atoms with Crippen molar-refractivity contribution in [2.24, 2.45) is 5.92 Å². The second-order valence-electron chi connectivity index (χ2n) is 4.89. The van der Waals surface area contributed by atoms with Gasteiger partial charge >= 0.3 is 0 Å². The molecule has 88 valence electrons. The number of thioether (sulfide) groups is 1. The number of fused-ring (bicyclic) bond motifs is 1. The van der Waals surface area contributed by atoms with Crippen molar-refractivity contribution < 1.29 is 5.11 Å². The van der Waals surface area contributed by atoms with E-state index in [1.807, 2.05) is 23.1 Å². The fourth-order valence-electron chi connectivity index (χ4n) is 2.82. The molecule has 0 spiro atoms. The van der Waals surface area contributed by atoms with Gasteiger partial charge in [-0.25, -0.2) is 0 Å². The van der Waals surface area contributed by atoms with E-state index in [4.69, 9.17) is 0 Å². The zero-order chi connectivity index (χ0) is 11.0. The minimum absolute atomic E-state index is 0.178. The lowest BCUT2D eigenvalue weighted by Crippen LogP contribution is -2.06. The molecular weight excluding hydrogens is 236 g/mol. The lowest BCUT2D eigenvalue weighted by molar-refractivity contribution is 0.115. The van der Waals surface area contributed by atoms with Crippen LogP contribution in [0.3, 0.4) is 0 Å². The second-order valence-corrected chi connectivity index (χ2v) is 7.16. The summed E-state index contributed by atoms with van der Waals surface area (Å²) in [6.07, 6.45) is 6.09. The number of aliphatic hydroxyl groups is 1. The van der Waals surface area contributed by atoms with E-state index >= 15 is 0 Å². The first-order valence-corrected chi connectivity index (χ1v) is 8.19. The molecule has 0 aromatic carbocycles. The fourth-order valence-corrected chi connectivity index (χ4v) is 5.28. The average molecular weight is 254 g/mol. The molecule has 1 saturated carbocycles. The third-order valence-corrected chi connectivity index (χ3v) is 6.10. The van der Waals surface area contributed by atoms with Crippen molar-refractivity contribution in [1.82, 2.24) is 0 Å². The number of hydrogen-bond donors (Lipinski definition) is 1. The lowest BCUT2D eigenvalue weighted by atomic mass is 9.99. The SMILES string of the molecule is OC(c1cc2c(s1)CCSC2)C1CCCC1. The van der Waals surface area contributed by atoms with Crippen LogP contribution in [0.2, 0.25) is 0 Å². The number of aryl methyl sites for hydroxylation is 1. The number of thiophene rings is 1. The molecule has 1 aromatic rings. The molecule has 0 amide bonds. The normalized spacial score (nSPS) is 23.3. The van der Waals surface area contributed by atoms with Crippen molar-refractivity contribution in [3.8, 4) is 0 Å². The van der Waals surface area contributed by atoms with Crippen LogP contribution < -0.4 is 0 Å². The summed E-state index contributed by atoms with van der Waals surface area (Å²) in [5.41, 5.74) is 1.49. The summed E-state index contributed by atoms with van der Waals surface area (Å²) in [5, 5.41) is 10.4. The van der Waals surface area contributed by atoms with E-state index in [0.29, 0.717) is 5.92 Å². The maximum atomic E-state index is 10.4. The minimum Gasteiger partial charge on any atom is -0.387 e. The van der Waals surface area contributed by atoms with Crippen LogP contribution >= 0.6 is 23.1 Å². The van der Waals surface area contributed by atoms with Crippen LogP contribution in [0.4, 0.5) is 0 Å². The Kier molecular flexibility index (Phi) is 3.27. The van der Waals surface area contributed by atoms with Gasteiger partial charge in [0.25, 0.3) is 0 Å². The van der Waals surface area contributed by atoms with Gasteiger partial charge in [0, 0.05) is 15.5 Å². The van der Waals surface area contributed by atoms with E-state index in [1.54, 1.807) is 0 Å². The Bertz CT molecular complexity index is 343. The van der Waals surface area contributed by atoms with Crippen molar-refractivity contribution in [3.63, 3.8) is 0 Å². The maximum absolute atomic E-state index is 10.4. The molecule has 1 atom stereocenters. The first-order valence-electron chi connectivity index (χ1n) is 6.22. The molecule has 1 nitrogen and oxygen atoms in total. The van der Waals surface area contributed by atoms with Gasteiger partial charge in [0.15, 0.2) is 0 Å². The molecule has 1 fully saturated rings. The number of aliphatic hydroxyl groups excluding tert-OH is 1. The molecule has 1 N–H and O–H groups in total. The highest BCUT2D eigenvalue weighted by Gasteiger charge is 2.27. The zero-order valence-corrected chi connectivity index (χ0v) is 11.1. The third kappa shape index (κ3) is 2.05. The summed E-state index contributed by atoms with van der Waals surface area (Å²) in [6.45, 7) is 0.